The monoisotopic (exact) mass is 263 g/mol. The van der Waals surface area contributed by atoms with E-state index in [2.05, 4.69) is 33.9 Å². The van der Waals surface area contributed by atoms with Gasteiger partial charge in [-0.3, -0.25) is 0 Å². The van der Waals surface area contributed by atoms with Crippen molar-refractivity contribution in [1.82, 2.24) is 20.9 Å². The summed E-state index contributed by atoms with van der Waals surface area (Å²) in [5.74, 6) is 1.22. The fraction of sp³-hybridized carbons (Fsp3) is 0.786. The predicted octanol–water partition coefficient (Wildman–Crippen LogP) is -0.0823. The zero-order valence-electron chi connectivity index (χ0n) is 11.8. The van der Waals surface area contributed by atoms with E-state index in [4.69, 9.17) is 4.99 Å². The van der Waals surface area contributed by atoms with Gasteiger partial charge in [0, 0.05) is 38.8 Å². The van der Waals surface area contributed by atoms with Crippen LogP contribution in [0.2, 0.25) is 0 Å². The molecule has 3 N–H and O–H groups in total. The van der Waals surface area contributed by atoms with Gasteiger partial charge in [-0.15, -0.1) is 0 Å². The van der Waals surface area contributed by atoms with Crippen molar-refractivity contribution in [1.29, 1.82) is 0 Å². The number of aliphatic imine (C=N–C) groups is 1. The standard InChI is InChI=1S/C14H25N5/c1-2-11-3-4-12-13(9-16-11)17-10-14(18-12)19-7-5-15-6-8-19/h4,11,13,15-17H,2-3,5-10H2,1H3. The average molecular weight is 263 g/mol. The van der Waals surface area contributed by atoms with E-state index in [9.17, 15) is 0 Å². The maximum Gasteiger partial charge on any atom is 0.119 e. The predicted molar refractivity (Wildman–Crippen MR) is 78.5 cm³/mol. The molecule has 0 aromatic rings. The van der Waals surface area contributed by atoms with Crippen LogP contribution in [0.3, 0.4) is 0 Å². The lowest BCUT2D eigenvalue weighted by molar-refractivity contribution is 0.345. The molecule has 3 aliphatic rings. The molecule has 106 valence electrons. The molecule has 5 heteroatoms. The molecule has 5 nitrogen and oxygen atoms in total. The Hall–Kier alpha value is -0.910. The third-order valence-corrected chi connectivity index (χ3v) is 4.32. The molecule has 3 rings (SSSR count). The van der Waals surface area contributed by atoms with Gasteiger partial charge in [-0.25, -0.2) is 4.99 Å². The highest BCUT2D eigenvalue weighted by Gasteiger charge is 2.26. The lowest BCUT2D eigenvalue weighted by atomic mass is 10.1. The number of nitrogens with zero attached hydrogens (tertiary/aromatic N) is 2. The third-order valence-electron chi connectivity index (χ3n) is 4.32. The van der Waals surface area contributed by atoms with Crippen LogP contribution >= 0.6 is 0 Å². The van der Waals surface area contributed by atoms with Gasteiger partial charge >= 0.3 is 0 Å². The second kappa shape index (κ2) is 6.03. The van der Waals surface area contributed by atoms with Crippen LogP contribution in [0.25, 0.3) is 0 Å². The van der Waals surface area contributed by atoms with Crippen LogP contribution in [0.1, 0.15) is 19.8 Å². The van der Waals surface area contributed by atoms with E-state index in [-0.39, 0.29) is 0 Å². The summed E-state index contributed by atoms with van der Waals surface area (Å²) in [6.45, 7) is 8.45. The quantitative estimate of drug-likeness (QED) is 0.619. The number of amidine groups is 1. The molecule has 0 aromatic carbocycles. The van der Waals surface area contributed by atoms with E-state index >= 15 is 0 Å². The first-order chi connectivity index (χ1) is 9.36. The molecule has 2 unspecified atom stereocenters. The summed E-state index contributed by atoms with van der Waals surface area (Å²) in [6.07, 6.45) is 4.61. The number of fused-ring (bicyclic) bond motifs is 1. The zero-order valence-corrected chi connectivity index (χ0v) is 11.8. The second-order valence-electron chi connectivity index (χ2n) is 5.58. The number of piperazine rings is 1. The minimum absolute atomic E-state index is 0.392. The Bertz CT molecular complexity index is 370. The van der Waals surface area contributed by atoms with E-state index in [1.165, 1.54) is 18.0 Å². The smallest absolute Gasteiger partial charge is 0.119 e. The van der Waals surface area contributed by atoms with Crippen LogP contribution in [0.15, 0.2) is 16.8 Å². The summed E-state index contributed by atoms with van der Waals surface area (Å²) < 4.78 is 0. The van der Waals surface area contributed by atoms with E-state index in [1.54, 1.807) is 0 Å². The summed E-state index contributed by atoms with van der Waals surface area (Å²) >= 11 is 0. The molecule has 0 spiro atoms. The molecule has 0 aliphatic carbocycles. The van der Waals surface area contributed by atoms with Crippen LogP contribution in [-0.4, -0.2) is 62.1 Å². The largest absolute Gasteiger partial charge is 0.356 e. The lowest BCUT2D eigenvalue weighted by Crippen LogP contribution is -2.53. The van der Waals surface area contributed by atoms with E-state index in [0.717, 1.165) is 45.7 Å². The first-order valence-electron chi connectivity index (χ1n) is 7.57. The molecule has 3 aliphatic heterocycles. The highest BCUT2D eigenvalue weighted by molar-refractivity contribution is 5.86. The Labute approximate surface area is 115 Å². The van der Waals surface area contributed by atoms with Crippen LogP contribution < -0.4 is 16.0 Å². The minimum atomic E-state index is 0.392. The van der Waals surface area contributed by atoms with Crippen molar-refractivity contribution in [3.8, 4) is 0 Å². The van der Waals surface area contributed by atoms with Crippen LogP contribution in [-0.2, 0) is 0 Å². The molecule has 0 saturated carbocycles. The van der Waals surface area contributed by atoms with Gasteiger partial charge in [-0.05, 0) is 12.8 Å². The van der Waals surface area contributed by atoms with Gasteiger partial charge < -0.3 is 20.9 Å². The summed E-state index contributed by atoms with van der Waals surface area (Å²) in [6, 6.07) is 1.00. The van der Waals surface area contributed by atoms with Crippen molar-refractivity contribution in [3.63, 3.8) is 0 Å². The molecule has 2 atom stereocenters. The number of rotatable bonds is 1. The SMILES string of the molecule is CCC1CC=C2N=C(N3CCNCC3)CNC2CN1. The van der Waals surface area contributed by atoms with Crippen molar-refractivity contribution in [3.05, 3.63) is 11.8 Å². The highest BCUT2D eigenvalue weighted by atomic mass is 15.3. The Kier molecular flexibility index (Phi) is 4.15. The van der Waals surface area contributed by atoms with Crippen molar-refractivity contribution in [2.24, 2.45) is 4.99 Å². The average Bonchev–Trinajstić information content (AvgIpc) is 2.69. The van der Waals surface area contributed by atoms with Crippen molar-refractivity contribution in [2.75, 3.05) is 39.3 Å². The topological polar surface area (TPSA) is 51.7 Å². The number of nitrogens with one attached hydrogen (secondary N) is 3. The minimum Gasteiger partial charge on any atom is -0.356 e. The van der Waals surface area contributed by atoms with Crippen LogP contribution in [0, 0.1) is 0 Å². The van der Waals surface area contributed by atoms with Crippen molar-refractivity contribution < 1.29 is 0 Å². The fourth-order valence-corrected chi connectivity index (χ4v) is 3.00. The van der Waals surface area contributed by atoms with E-state index in [0.29, 0.717) is 12.1 Å². The summed E-state index contributed by atoms with van der Waals surface area (Å²) in [5.41, 5.74) is 1.24. The Morgan fingerprint density at radius 3 is 2.95 bits per heavy atom. The summed E-state index contributed by atoms with van der Waals surface area (Å²) in [4.78, 5) is 7.34. The molecular weight excluding hydrogens is 238 g/mol. The molecule has 0 radical (unpaired) electrons. The Morgan fingerprint density at radius 1 is 1.32 bits per heavy atom. The number of hydrogen-bond acceptors (Lipinski definition) is 5. The summed E-state index contributed by atoms with van der Waals surface area (Å²) in [5, 5.41) is 10.6. The van der Waals surface area contributed by atoms with Gasteiger partial charge in [0.25, 0.3) is 0 Å². The van der Waals surface area contributed by atoms with E-state index in [1.807, 2.05) is 0 Å². The molecule has 0 amide bonds. The van der Waals surface area contributed by atoms with Gasteiger partial charge in [0.2, 0.25) is 0 Å². The molecule has 0 bridgehead atoms. The fourth-order valence-electron chi connectivity index (χ4n) is 3.00. The van der Waals surface area contributed by atoms with E-state index < -0.39 is 0 Å². The van der Waals surface area contributed by atoms with Crippen molar-refractivity contribution in [2.45, 2.75) is 31.8 Å². The van der Waals surface area contributed by atoms with Gasteiger partial charge in [-0.2, -0.15) is 0 Å². The van der Waals surface area contributed by atoms with Crippen molar-refractivity contribution >= 4 is 5.84 Å². The second-order valence-corrected chi connectivity index (χ2v) is 5.58. The first kappa shape index (κ1) is 13.1. The maximum absolute atomic E-state index is 4.93. The molecule has 19 heavy (non-hydrogen) atoms. The molecular formula is C14H25N5. The highest BCUT2D eigenvalue weighted by Crippen LogP contribution is 2.17. The summed E-state index contributed by atoms with van der Waals surface area (Å²) in [7, 11) is 0. The van der Waals surface area contributed by atoms with Crippen LogP contribution in [0.4, 0.5) is 0 Å². The lowest BCUT2D eigenvalue weighted by Gasteiger charge is -2.34. The Morgan fingerprint density at radius 2 is 2.16 bits per heavy atom. The van der Waals surface area contributed by atoms with Gasteiger partial charge in [0.1, 0.15) is 5.84 Å². The molecule has 3 heterocycles. The maximum atomic E-state index is 4.93. The number of hydrogen-bond donors (Lipinski definition) is 3. The van der Waals surface area contributed by atoms with Gasteiger partial charge in [0.05, 0.1) is 18.3 Å². The van der Waals surface area contributed by atoms with Crippen LogP contribution in [0.5, 0.6) is 0 Å². The first-order valence-corrected chi connectivity index (χ1v) is 7.57. The zero-order chi connectivity index (χ0) is 13.1. The third kappa shape index (κ3) is 2.99. The molecule has 0 aromatic heterocycles. The van der Waals surface area contributed by atoms with Gasteiger partial charge in [-0.1, -0.05) is 13.0 Å². The normalized spacial score (nSPS) is 32.2. The van der Waals surface area contributed by atoms with Gasteiger partial charge in [0.15, 0.2) is 0 Å². The molecule has 1 saturated heterocycles. The molecule has 1 fully saturated rings. The Balaban J connectivity index is 1.72.